The summed E-state index contributed by atoms with van der Waals surface area (Å²) in [5.74, 6) is 0.350. The molecule has 0 aromatic rings. The Morgan fingerprint density at radius 1 is 1.26 bits per heavy atom. The molecule has 0 bridgehead atoms. The van der Waals surface area contributed by atoms with Crippen LogP contribution in [0, 0.1) is 11.3 Å². The summed E-state index contributed by atoms with van der Waals surface area (Å²) in [7, 11) is 0. The fraction of sp³-hybridized carbons (Fsp3) is 0.938. The summed E-state index contributed by atoms with van der Waals surface area (Å²) >= 11 is 0. The van der Waals surface area contributed by atoms with Crippen molar-refractivity contribution >= 4 is 5.91 Å². The van der Waals surface area contributed by atoms with Crippen molar-refractivity contribution in [2.75, 3.05) is 0 Å². The summed E-state index contributed by atoms with van der Waals surface area (Å²) in [5.41, 5.74) is 6.19. The molecule has 0 aliphatic heterocycles. The Kier molecular flexibility index (Phi) is 6.31. The molecule has 0 heterocycles. The quantitative estimate of drug-likeness (QED) is 0.777. The van der Waals surface area contributed by atoms with Gasteiger partial charge in [-0.05, 0) is 50.9 Å². The van der Waals surface area contributed by atoms with E-state index in [0.29, 0.717) is 11.5 Å². The Hall–Kier alpha value is -0.570. The van der Waals surface area contributed by atoms with Crippen LogP contribution in [-0.4, -0.2) is 18.0 Å². The largest absolute Gasteiger partial charge is 0.353 e. The third-order valence-corrected chi connectivity index (χ3v) is 4.43. The highest BCUT2D eigenvalue weighted by Crippen LogP contribution is 2.35. The molecular weight excluding hydrogens is 236 g/mol. The molecule has 19 heavy (non-hydrogen) atoms. The maximum atomic E-state index is 12.1. The van der Waals surface area contributed by atoms with Crippen LogP contribution in [0.4, 0.5) is 0 Å². The van der Waals surface area contributed by atoms with Gasteiger partial charge in [0, 0.05) is 18.0 Å². The zero-order chi connectivity index (χ0) is 14.5. The smallest absolute Gasteiger partial charge is 0.223 e. The molecule has 1 saturated carbocycles. The predicted octanol–water partition coefficient (Wildman–Crippen LogP) is 3.23. The first-order chi connectivity index (χ1) is 8.80. The third kappa shape index (κ3) is 6.42. The molecule has 3 nitrogen and oxygen atoms in total. The van der Waals surface area contributed by atoms with Crippen LogP contribution < -0.4 is 11.1 Å². The van der Waals surface area contributed by atoms with Crippen LogP contribution in [0.5, 0.6) is 0 Å². The van der Waals surface area contributed by atoms with E-state index in [-0.39, 0.29) is 17.9 Å². The summed E-state index contributed by atoms with van der Waals surface area (Å²) in [4.78, 5) is 12.1. The molecule has 3 heteroatoms. The normalized spacial score (nSPS) is 22.8. The predicted molar refractivity (Wildman–Crippen MR) is 80.8 cm³/mol. The molecule has 2 unspecified atom stereocenters. The molecule has 1 fully saturated rings. The van der Waals surface area contributed by atoms with Crippen molar-refractivity contribution in [2.45, 2.75) is 84.7 Å². The second kappa shape index (κ2) is 7.28. The van der Waals surface area contributed by atoms with Gasteiger partial charge in [-0.3, -0.25) is 4.79 Å². The lowest BCUT2D eigenvalue weighted by molar-refractivity contribution is -0.125. The highest BCUT2D eigenvalue weighted by atomic mass is 16.1. The minimum Gasteiger partial charge on any atom is -0.353 e. The maximum absolute atomic E-state index is 12.1. The number of nitrogens with one attached hydrogen (secondary N) is 1. The fourth-order valence-electron chi connectivity index (χ4n) is 2.76. The zero-order valence-electron chi connectivity index (χ0n) is 13.2. The number of carbonyl (C=O) groups is 1. The van der Waals surface area contributed by atoms with E-state index in [1.807, 2.05) is 13.8 Å². The lowest BCUT2D eigenvalue weighted by Gasteiger charge is -2.35. The van der Waals surface area contributed by atoms with Gasteiger partial charge >= 0.3 is 0 Å². The van der Waals surface area contributed by atoms with E-state index in [2.05, 4.69) is 19.2 Å². The van der Waals surface area contributed by atoms with Gasteiger partial charge in [-0.15, -0.1) is 0 Å². The van der Waals surface area contributed by atoms with Gasteiger partial charge in [0.2, 0.25) is 5.91 Å². The zero-order valence-corrected chi connectivity index (χ0v) is 13.2. The topological polar surface area (TPSA) is 55.1 Å². The Morgan fingerprint density at radius 3 is 2.37 bits per heavy atom. The van der Waals surface area contributed by atoms with E-state index in [4.69, 9.17) is 5.73 Å². The van der Waals surface area contributed by atoms with Gasteiger partial charge in [-0.25, -0.2) is 0 Å². The van der Waals surface area contributed by atoms with Crippen molar-refractivity contribution < 1.29 is 4.79 Å². The summed E-state index contributed by atoms with van der Waals surface area (Å²) in [6, 6.07) is 0.646. The van der Waals surface area contributed by atoms with E-state index >= 15 is 0 Å². The summed E-state index contributed by atoms with van der Waals surface area (Å²) in [5, 5.41) is 3.22. The number of nitrogens with two attached hydrogens (primary N) is 1. The minimum absolute atomic E-state index is 0.119. The molecule has 0 saturated heterocycles. The maximum Gasteiger partial charge on any atom is 0.223 e. The number of carbonyl (C=O) groups excluding carboxylic acids is 1. The molecule has 0 spiro atoms. The average molecular weight is 268 g/mol. The lowest BCUT2D eigenvalue weighted by Crippen LogP contribution is -2.41. The van der Waals surface area contributed by atoms with E-state index in [1.54, 1.807) is 0 Å². The van der Waals surface area contributed by atoms with Crippen molar-refractivity contribution in [1.82, 2.24) is 5.32 Å². The van der Waals surface area contributed by atoms with Crippen molar-refractivity contribution in [1.29, 1.82) is 0 Å². The van der Waals surface area contributed by atoms with Crippen molar-refractivity contribution in [3.63, 3.8) is 0 Å². The molecule has 1 amide bonds. The van der Waals surface area contributed by atoms with Crippen LogP contribution in [0.15, 0.2) is 0 Å². The Morgan fingerprint density at radius 2 is 1.84 bits per heavy atom. The fourth-order valence-corrected chi connectivity index (χ4v) is 2.76. The van der Waals surface area contributed by atoms with Gasteiger partial charge in [0.1, 0.15) is 0 Å². The van der Waals surface area contributed by atoms with Crippen molar-refractivity contribution in [3.8, 4) is 0 Å². The molecule has 0 aromatic heterocycles. The molecule has 2 atom stereocenters. The molecule has 112 valence electrons. The standard InChI is InChI=1S/C16H32N2O/c1-12(6-5-7-13(2)17)15(19)18-14-8-10-16(3,4)11-9-14/h12-14H,5-11,17H2,1-4H3,(H,18,19). The Labute approximate surface area is 118 Å². The molecule has 1 aliphatic rings. The molecular formula is C16H32N2O. The Balaban J connectivity index is 2.23. The molecule has 0 radical (unpaired) electrons. The van der Waals surface area contributed by atoms with Crippen LogP contribution in [-0.2, 0) is 4.79 Å². The number of hydrogen-bond acceptors (Lipinski definition) is 2. The summed E-state index contributed by atoms with van der Waals surface area (Å²) in [6.45, 7) is 8.70. The van der Waals surface area contributed by atoms with Gasteiger partial charge in [0.25, 0.3) is 0 Å². The molecule has 1 aliphatic carbocycles. The van der Waals surface area contributed by atoms with E-state index in [9.17, 15) is 4.79 Å². The second-order valence-corrected chi connectivity index (χ2v) is 7.26. The van der Waals surface area contributed by atoms with Gasteiger partial charge < -0.3 is 11.1 Å². The van der Waals surface area contributed by atoms with E-state index in [0.717, 1.165) is 32.1 Å². The number of rotatable bonds is 6. The van der Waals surface area contributed by atoms with Crippen LogP contribution >= 0.6 is 0 Å². The third-order valence-electron chi connectivity index (χ3n) is 4.43. The summed E-state index contributed by atoms with van der Waals surface area (Å²) < 4.78 is 0. The van der Waals surface area contributed by atoms with Gasteiger partial charge in [0.15, 0.2) is 0 Å². The second-order valence-electron chi connectivity index (χ2n) is 7.26. The molecule has 1 rings (SSSR count). The van der Waals surface area contributed by atoms with Crippen LogP contribution in [0.3, 0.4) is 0 Å². The first-order valence-electron chi connectivity index (χ1n) is 7.86. The highest BCUT2D eigenvalue weighted by molar-refractivity contribution is 5.78. The van der Waals surface area contributed by atoms with Crippen LogP contribution in [0.2, 0.25) is 0 Å². The average Bonchev–Trinajstić information content (AvgIpc) is 2.31. The highest BCUT2D eigenvalue weighted by Gasteiger charge is 2.28. The van der Waals surface area contributed by atoms with Crippen molar-refractivity contribution in [3.05, 3.63) is 0 Å². The first kappa shape index (κ1) is 16.5. The molecule has 0 aromatic carbocycles. The number of amides is 1. The first-order valence-corrected chi connectivity index (χ1v) is 7.86. The van der Waals surface area contributed by atoms with E-state index in [1.165, 1.54) is 12.8 Å². The molecule has 3 N–H and O–H groups in total. The SMILES string of the molecule is CC(N)CCCC(C)C(=O)NC1CCC(C)(C)CC1. The number of hydrogen-bond donors (Lipinski definition) is 2. The van der Waals surface area contributed by atoms with Gasteiger partial charge in [-0.2, -0.15) is 0 Å². The van der Waals surface area contributed by atoms with Gasteiger partial charge in [0.05, 0.1) is 0 Å². The lowest BCUT2D eigenvalue weighted by atomic mass is 9.75. The van der Waals surface area contributed by atoms with Crippen LogP contribution in [0.25, 0.3) is 0 Å². The van der Waals surface area contributed by atoms with Crippen LogP contribution in [0.1, 0.15) is 72.6 Å². The minimum atomic E-state index is 0.119. The van der Waals surface area contributed by atoms with E-state index < -0.39 is 0 Å². The van der Waals surface area contributed by atoms with Gasteiger partial charge in [-0.1, -0.05) is 27.2 Å². The summed E-state index contributed by atoms with van der Waals surface area (Å²) in [6.07, 6.45) is 7.70. The van der Waals surface area contributed by atoms with Crippen molar-refractivity contribution in [2.24, 2.45) is 17.1 Å². The monoisotopic (exact) mass is 268 g/mol. The Bertz CT molecular complexity index is 276.